The van der Waals surface area contributed by atoms with Crippen molar-refractivity contribution < 1.29 is 0 Å². The lowest BCUT2D eigenvalue weighted by Gasteiger charge is -1.98. The van der Waals surface area contributed by atoms with Crippen LogP contribution in [0.25, 0.3) is 0 Å². The molecule has 0 aliphatic heterocycles. The Morgan fingerprint density at radius 3 is 3.10 bits per heavy atom. The zero-order chi connectivity index (χ0) is 7.23. The van der Waals surface area contributed by atoms with E-state index in [1.165, 1.54) is 6.42 Å². The summed E-state index contributed by atoms with van der Waals surface area (Å²) in [6.45, 7) is 4.74. The van der Waals surface area contributed by atoms with Crippen molar-refractivity contribution in [2.24, 2.45) is 0 Å². The Labute approximate surface area is 62.0 Å². The molecule has 0 aliphatic rings. The molecule has 0 unspecified atom stereocenters. The zero-order valence-electron chi connectivity index (χ0n) is 6.09. The first-order valence-corrected chi connectivity index (χ1v) is 3.56. The van der Waals surface area contributed by atoms with Crippen molar-refractivity contribution in [3.8, 4) is 0 Å². The number of aromatic nitrogens is 1. The Morgan fingerprint density at radius 2 is 2.50 bits per heavy atom. The molecule has 0 saturated heterocycles. The molecule has 0 aliphatic carbocycles. The van der Waals surface area contributed by atoms with Crippen LogP contribution in [-0.2, 0) is 6.54 Å². The monoisotopic (exact) mass is 134 g/mol. The lowest BCUT2D eigenvalue weighted by molar-refractivity contribution is 0.654. The van der Waals surface area contributed by atoms with Gasteiger partial charge in [0, 0.05) is 25.0 Å². The smallest absolute Gasteiger partial charge is 0.0222 e. The molecule has 1 aromatic rings. The molecule has 0 spiro atoms. The molecule has 1 heteroatoms. The molecule has 0 saturated carbocycles. The van der Waals surface area contributed by atoms with Crippen LogP contribution in [-0.4, -0.2) is 4.57 Å². The Balaban J connectivity index is 2.21. The van der Waals surface area contributed by atoms with Crippen LogP contribution in [0, 0.1) is 6.07 Å². The van der Waals surface area contributed by atoms with Crippen LogP contribution in [0.15, 0.2) is 31.1 Å². The van der Waals surface area contributed by atoms with Crippen molar-refractivity contribution in [2.45, 2.75) is 19.4 Å². The second kappa shape index (κ2) is 3.94. The van der Waals surface area contributed by atoms with E-state index >= 15 is 0 Å². The average Bonchev–Trinajstić information content (AvgIpc) is 2.41. The highest BCUT2D eigenvalue weighted by atomic mass is 14.9. The summed E-state index contributed by atoms with van der Waals surface area (Å²) in [6.07, 6.45) is 8.21. The van der Waals surface area contributed by atoms with Crippen molar-refractivity contribution in [1.29, 1.82) is 0 Å². The minimum atomic E-state index is 1.08. The van der Waals surface area contributed by atoms with E-state index in [9.17, 15) is 0 Å². The SMILES string of the molecule is C=CCCCn1c[c]cc1. The number of rotatable bonds is 4. The summed E-state index contributed by atoms with van der Waals surface area (Å²) < 4.78 is 2.13. The van der Waals surface area contributed by atoms with Crippen molar-refractivity contribution in [1.82, 2.24) is 4.57 Å². The van der Waals surface area contributed by atoms with Gasteiger partial charge in [-0.25, -0.2) is 0 Å². The molecule has 1 heterocycles. The van der Waals surface area contributed by atoms with Gasteiger partial charge in [-0.2, -0.15) is 0 Å². The fourth-order valence-electron chi connectivity index (χ4n) is 0.878. The van der Waals surface area contributed by atoms with Crippen LogP contribution in [0.1, 0.15) is 12.8 Å². The van der Waals surface area contributed by atoms with Gasteiger partial charge in [0.2, 0.25) is 0 Å². The molecule has 1 aromatic heterocycles. The summed E-state index contributed by atoms with van der Waals surface area (Å²) >= 11 is 0. The number of aryl methyl sites for hydroxylation is 1. The number of nitrogens with zero attached hydrogens (tertiary/aromatic N) is 1. The van der Waals surface area contributed by atoms with Gasteiger partial charge >= 0.3 is 0 Å². The summed E-state index contributed by atoms with van der Waals surface area (Å²) in [5.74, 6) is 0. The summed E-state index contributed by atoms with van der Waals surface area (Å²) in [7, 11) is 0. The molecule has 1 nitrogen and oxygen atoms in total. The van der Waals surface area contributed by atoms with Crippen LogP contribution in [0.4, 0.5) is 0 Å². The third-order valence-corrected chi connectivity index (χ3v) is 1.43. The van der Waals surface area contributed by atoms with E-state index in [0.717, 1.165) is 13.0 Å². The van der Waals surface area contributed by atoms with Gasteiger partial charge in [-0.15, -0.1) is 6.58 Å². The van der Waals surface area contributed by atoms with Crippen LogP contribution in [0.2, 0.25) is 0 Å². The largest absolute Gasteiger partial charge is 0.354 e. The first-order chi connectivity index (χ1) is 4.93. The van der Waals surface area contributed by atoms with E-state index in [0.29, 0.717) is 0 Å². The van der Waals surface area contributed by atoms with Crippen LogP contribution in [0.5, 0.6) is 0 Å². The van der Waals surface area contributed by atoms with Gasteiger partial charge in [0.15, 0.2) is 0 Å². The summed E-state index contributed by atoms with van der Waals surface area (Å²) in [5, 5.41) is 0. The minimum absolute atomic E-state index is 1.08. The standard InChI is InChI=1S/C9H12N/c1-2-3-4-7-10-8-5-6-9-10/h2,5,8-9H,1,3-4,7H2. The molecule has 1 rings (SSSR count). The molecule has 0 atom stereocenters. The lowest BCUT2D eigenvalue weighted by atomic mass is 10.3. The zero-order valence-corrected chi connectivity index (χ0v) is 6.09. The number of hydrogen-bond donors (Lipinski definition) is 0. The second-order valence-corrected chi connectivity index (χ2v) is 2.28. The maximum atomic E-state index is 3.66. The number of allylic oxidation sites excluding steroid dienone is 1. The molecule has 0 N–H and O–H groups in total. The average molecular weight is 134 g/mol. The Kier molecular flexibility index (Phi) is 2.81. The van der Waals surface area contributed by atoms with Crippen LogP contribution >= 0.6 is 0 Å². The van der Waals surface area contributed by atoms with Gasteiger partial charge < -0.3 is 4.57 Å². The highest BCUT2D eigenvalue weighted by Gasteiger charge is 1.85. The first kappa shape index (κ1) is 7.13. The predicted molar refractivity (Wildman–Crippen MR) is 42.7 cm³/mol. The fourth-order valence-corrected chi connectivity index (χ4v) is 0.878. The van der Waals surface area contributed by atoms with Gasteiger partial charge in [0.05, 0.1) is 0 Å². The maximum absolute atomic E-state index is 3.66. The molecular formula is C9H12N. The number of hydrogen-bond acceptors (Lipinski definition) is 0. The number of unbranched alkanes of at least 4 members (excludes halogenated alkanes) is 1. The Bertz CT molecular complexity index is 175. The molecular weight excluding hydrogens is 122 g/mol. The van der Waals surface area contributed by atoms with E-state index in [4.69, 9.17) is 0 Å². The minimum Gasteiger partial charge on any atom is -0.354 e. The fraction of sp³-hybridized carbons (Fsp3) is 0.333. The van der Waals surface area contributed by atoms with Crippen molar-refractivity contribution >= 4 is 0 Å². The van der Waals surface area contributed by atoms with Crippen molar-refractivity contribution in [2.75, 3.05) is 0 Å². The van der Waals surface area contributed by atoms with Gasteiger partial charge in [-0.05, 0) is 18.9 Å². The van der Waals surface area contributed by atoms with Gasteiger partial charge in [0.1, 0.15) is 0 Å². The first-order valence-electron chi connectivity index (χ1n) is 3.56. The highest BCUT2D eigenvalue weighted by molar-refractivity contribution is 4.87. The third-order valence-electron chi connectivity index (χ3n) is 1.43. The normalized spacial score (nSPS) is 9.60. The molecule has 0 amide bonds. The van der Waals surface area contributed by atoms with E-state index < -0.39 is 0 Å². The molecule has 53 valence electrons. The predicted octanol–water partition coefficient (Wildman–Crippen LogP) is 2.25. The molecule has 0 bridgehead atoms. The van der Waals surface area contributed by atoms with Gasteiger partial charge in [0.25, 0.3) is 0 Å². The quantitative estimate of drug-likeness (QED) is 0.439. The van der Waals surface area contributed by atoms with Gasteiger partial charge in [-0.1, -0.05) is 6.08 Å². The van der Waals surface area contributed by atoms with Crippen molar-refractivity contribution in [3.63, 3.8) is 0 Å². The van der Waals surface area contributed by atoms with Crippen LogP contribution in [0.3, 0.4) is 0 Å². The Hall–Kier alpha value is -0.980. The summed E-state index contributed by atoms with van der Waals surface area (Å²) in [4.78, 5) is 0. The summed E-state index contributed by atoms with van der Waals surface area (Å²) in [5.41, 5.74) is 0. The van der Waals surface area contributed by atoms with E-state index in [2.05, 4.69) is 17.2 Å². The third kappa shape index (κ3) is 2.09. The molecule has 0 aromatic carbocycles. The van der Waals surface area contributed by atoms with Gasteiger partial charge in [-0.3, -0.25) is 0 Å². The van der Waals surface area contributed by atoms with Crippen LogP contribution < -0.4 is 0 Å². The lowest BCUT2D eigenvalue weighted by Crippen LogP contribution is -1.92. The summed E-state index contributed by atoms with van der Waals surface area (Å²) in [6, 6.07) is 4.92. The van der Waals surface area contributed by atoms with E-state index in [-0.39, 0.29) is 0 Å². The highest BCUT2D eigenvalue weighted by Crippen LogP contribution is 1.95. The second-order valence-electron chi connectivity index (χ2n) is 2.28. The van der Waals surface area contributed by atoms with E-state index in [1.54, 1.807) is 0 Å². The molecule has 10 heavy (non-hydrogen) atoms. The topological polar surface area (TPSA) is 4.93 Å². The molecule has 1 radical (unpaired) electrons. The molecule has 0 fully saturated rings. The van der Waals surface area contributed by atoms with Crippen molar-refractivity contribution in [3.05, 3.63) is 37.2 Å². The maximum Gasteiger partial charge on any atom is 0.0222 e. The van der Waals surface area contributed by atoms with E-state index in [1.807, 2.05) is 24.5 Å². The Morgan fingerprint density at radius 1 is 1.60 bits per heavy atom.